The summed E-state index contributed by atoms with van der Waals surface area (Å²) in [5.41, 5.74) is 3.42. The first-order valence-corrected chi connectivity index (χ1v) is 9.34. The van der Waals surface area contributed by atoms with Crippen LogP contribution in [0.15, 0.2) is 51.4 Å². The van der Waals surface area contributed by atoms with Gasteiger partial charge in [-0.25, -0.2) is 0 Å². The van der Waals surface area contributed by atoms with Gasteiger partial charge in [0.1, 0.15) is 5.58 Å². The highest BCUT2D eigenvalue weighted by Crippen LogP contribution is 2.29. The van der Waals surface area contributed by atoms with Crippen molar-refractivity contribution in [2.45, 2.75) is 6.92 Å². The van der Waals surface area contributed by atoms with Gasteiger partial charge in [0.15, 0.2) is 5.76 Å². The van der Waals surface area contributed by atoms with Gasteiger partial charge in [0, 0.05) is 39.9 Å². The number of benzene rings is 2. The third kappa shape index (κ3) is 3.34. The molecule has 26 heavy (non-hydrogen) atoms. The minimum atomic E-state index is -0.242. The molecule has 1 aromatic heterocycles. The molecule has 0 spiro atoms. The highest BCUT2D eigenvalue weighted by Gasteiger charge is 2.18. The number of furan rings is 1. The Labute approximate surface area is 160 Å². The molecule has 5 nitrogen and oxygen atoms in total. The van der Waals surface area contributed by atoms with Crippen LogP contribution in [0.3, 0.4) is 0 Å². The largest absolute Gasteiger partial charge is 0.451 e. The maximum Gasteiger partial charge on any atom is 0.291 e. The minimum Gasteiger partial charge on any atom is -0.451 e. The molecule has 0 atom stereocenters. The van der Waals surface area contributed by atoms with Gasteiger partial charge in [-0.3, -0.25) is 4.79 Å². The second-order valence-electron chi connectivity index (χ2n) is 6.30. The van der Waals surface area contributed by atoms with Crippen molar-refractivity contribution < 1.29 is 13.9 Å². The molecular formula is C20H19BrN2O3. The number of anilines is 2. The maximum atomic E-state index is 12.6. The first-order chi connectivity index (χ1) is 12.6. The summed E-state index contributed by atoms with van der Waals surface area (Å²) < 4.78 is 12.1. The number of halogens is 1. The quantitative estimate of drug-likeness (QED) is 0.680. The van der Waals surface area contributed by atoms with Crippen molar-refractivity contribution in [2.24, 2.45) is 0 Å². The summed E-state index contributed by atoms with van der Waals surface area (Å²) >= 11 is 3.45. The van der Waals surface area contributed by atoms with E-state index in [1.807, 2.05) is 49.4 Å². The van der Waals surface area contributed by atoms with Crippen LogP contribution < -0.4 is 10.2 Å². The van der Waals surface area contributed by atoms with E-state index in [0.29, 0.717) is 11.3 Å². The molecule has 0 saturated carbocycles. The Morgan fingerprint density at radius 1 is 1.12 bits per heavy atom. The van der Waals surface area contributed by atoms with Crippen LogP contribution in [0.25, 0.3) is 11.0 Å². The fourth-order valence-corrected chi connectivity index (χ4v) is 3.54. The van der Waals surface area contributed by atoms with Gasteiger partial charge in [0.25, 0.3) is 5.91 Å². The third-order valence-corrected chi connectivity index (χ3v) is 5.10. The predicted octanol–water partition coefficient (Wildman–Crippen LogP) is 4.59. The molecule has 1 aliphatic rings. The van der Waals surface area contributed by atoms with Crippen molar-refractivity contribution in [1.29, 1.82) is 0 Å². The number of hydrogen-bond acceptors (Lipinski definition) is 4. The van der Waals surface area contributed by atoms with E-state index in [1.54, 1.807) is 0 Å². The molecule has 0 radical (unpaired) electrons. The summed E-state index contributed by atoms with van der Waals surface area (Å²) in [6, 6.07) is 13.6. The van der Waals surface area contributed by atoms with Gasteiger partial charge < -0.3 is 19.4 Å². The molecule has 2 aromatic carbocycles. The highest BCUT2D eigenvalue weighted by atomic mass is 79.9. The summed E-state index contributed by atoms with van der Waals surface area (Å²) in [5.74, 6) is 0.101. The molecule has 0 aliphatic carbocycles. The fourth-order valence-electron chi connectivity index (χ4n) is 3.17. The number of nitrogens with one attached hydrogen (secondary N) is 1. The summed E-state index contributed by atoms with van der Waals surface area (Å²) in [7, 11) is 0. The van der Waals surface area contributed by atoms with E-state index < -0.39 is 0 Å². The van der Waals surface area contributed by atoms with Crippen molar-refractivity contribution in [1.82, 2.24) is 0 Å². The lowest BCUT2D eigenvalue weighted by atomic mass is 10.1. The molecule has 6 heteroatoms. The smallest absolute Gasteiger partial charge is 0.291 e. The van der Waals surface area contributed by atoms with Gasteiger partial charge in [-0.05, 0) is 49.4 Å². The molecule has 134 valence electrons. The predicted molar refractivity (Wildman–Crippen MR) is 106 cm³/mol. The number of aryl methyl sites for hydroxylation is 1. The van der Waals surface area contributed by atoms with Crippen LogP contribution in [0.2, 0.25) is 0 Å². The molecule has 1 fully saturated rings. The number of morpholine rings is 1. The van der Waals surface area contributed by atoms with E-state index in [-0.39, 0.29) is 5.91 Å². The average Bonchev–Trinajstić information content (AvgIpc) is 2.99. The van der Waals surface area contributed by atoms with Crippen molar-refractivity contribution in [3.05, 3.63) is 58.3 Å². The monoisotopic (exact) mass is 414 g/mol. The number of rotatable bonds is 3. The second kappa shape index (κ2) is 7.13. The van der Waals surface area contributed by atoms with Gasteiger partial charge in [-0.1, -0.05) is 15.9 Å². The van der Waals surface area contributed by atoms with Crippen LogP contribution in [0.5, 0.6) is 0 Å². The van der Waals surface area contributed by atoms with E-state index in [2.05, 4.69) is 26.1 Å². The Kier molecular flexibility index (Phi) is 4.70. The number of nitrogens with zero attached hydrogens (tertiary/aromatic N) is 1. The second-order valence-corrected chi connectivity index (χ2v) is 7.21. The van der Waals surface area contributed by atoms with Crippen LogP contribution in [0.4, 0.5) is 11.4 Å². The Morgan fingerprint density at radius 3 is 2.58 bits per heavy atom. The number of carbonyl (C=O) groups is 1. The summed E-state index contributed by atoms with van der Waals surface area (Å²) in [4.78, 5) is 14.9. The van der Waals surface area contributed by atoms with Crippen molar-refractivity contribution >= 4 is 44.2 Å². The SMILES string of the molecule is Cc1c(C(=O)Nc2ccc(N3CCOCC3)cc2)oc2ccc(Br)cc12. The van der Waals surface area contributed by atoms with Crippen molar-refractivity contribution in [3.63, 3.8) is 0 Å². The average molecular weight is 415 g/mol. The number of fused-ring (bicyclic) bond motifs is 1. The molecular weight excluding hydrogens is 396 g/mol. The first-order valence-electron chi connectivity index (χ1n) is 8.54. The number of hydrogen-bond donors (Lipinski definition) is 1. The molecule has 2 heterocycles. The minimum absolute atomic E-state index is 0.242. The summed E-state index contributed by atoms with van der Waals surface area (Å²) in [5, 5.41) is 3.85. The molecule has 4 rings (SSSR count). The zero-order chi connectivity index (χ0) is 18.1. The normalized spacial score (nSPS) is 14.6. The fraction of sp³-hybridized carbons (Fsp3) is 0.250. The third-order valence-electron chi connectivity index (χ3n) is 4.61. The van der Waals surface area contributed by atoms with Gasteiger partial charge in [0.05, 0.1) is 13.2 Å². The lowest BCUT2D eigenvalue weighted by Gasteiger charge is -2.28. The molecule has 1 saturated heterocycles. The van der Waals surface area contributed by atoms with Crippen LogP contribution in [-0.2, 0) is 4.74 Å². The van der Waals surface area contributed by atoms with E-state index in [4.69, 9.17) is 9.15 Å². The van der Waals surface area contributed by atoms with Crippen LogP contribution >= 0.6 is 15.9 Å². The maximum absolute atomic E-state index is 12.6. The Morgan fingerprint density at radius 2 is 1.85 bits per heavy atom. The molecule has 1 aliphatic heterocycles. The standard InChI is InChI=1S/C20H19BrN2O3/c1-13-17-12-14(21)2-7-18(17)26-19(13)20(24)22-15-3-5-16(6-4-15)23-8-10-25-11-9-23/h2-7,12H,8-11H2,1H3,(H,22,24). The van der Waals surface area contributed by atoms with E-state index in [9.17, 15) is 4.79 Å². The molecule has 0 bridgehead atoms. The highest BCUT2D eigenvalue weighted by molar-refractivity contribution is 9.10. The van der Waals surface area contributed by atoms with Crippen LogP contribution in [0.1, 0.15) is 16.1 Å². The number of ether oxygens (including phenoxy) is 1. The topological polar surface area (TPSA) is 54.7 Å². The Bertz CT molecular complexity index is 944. The Balaban J connectivity index is 1.52. The zero-order valence-electron chi connectivity index (χ0n) is 14.4. The zero-order valence-corrected chi connectivity index (χ0v) is 16.0. The van der Waals surface area contributed by atoms with E-state index in [0.717, 1.165) is 53.1 Å². The molecule has 1 N–H and O–H groups in total. The molecule has 3 aromatic rings. The molecule has 0 unspecified atom stereocenters. The summed E-state index contributed by atoms with van der Waals surface area (Å²) in [6.07, 6.45) is 0. The van der Waals surface area contributed by atoms with E-state index in [1.165, 1.54) is 0 Å². The van der Waals surface area contributed by atoms with Gasteiger partial charge in [-0.2, -0.15) is 0 Å². The lowest BCUT2D eigenvalue weighted by molar-refractivity contribution is 0.0998. The van der Waals surface area contributed by atoms with Crippen molar-refractivity contribution in [2.75, 3.05) is 36.5 Å². The Hall–Kier alpha value is -2.31. The molecule has 1 amide bonds. The first kappa shape index (κ1) is 17.1. The van der Waals surface area contributed by atoms with Crippen LogP contribution in [-0.4, -0.2) is 32.2 Å². The van der Waals surface area contributed by atoms with Crippen LogP contribution in [0, 0.1) is 6.92 Å². The number of carbonyl (C=O) groups excluding carboxylic acids is 1. The number of amides is 1. The van der Waals surface area contributed by atoms with Gasteiger partial charge in [0.2, 0.25) is 0 Å². The van der Waals surface area contributed by atoms with Gasteiger partial charge >= 0.3 is 0 Å². The van der Waals surface area contributed by atoms with E-state index >= 15 is 0 Å². The lowest BCUT2D eigenvalue weighted by Crippen LogP contribution is -2.36. The van der Waals surface area contributed by atoms with Gasteiger partial charge in [-0.15, -0.1) is 0 Å². The summed E-state index contributed by atoms with van der Waals surface area (Å²) in [6.45, 7) is 5.17. The van der Waals surface area contributed by atoms with Crippen molar-refractivity contribution in [3.8, 4) is 0 Å².